The molecule has 1 heterocycles. The van der Waals surface area contributed by atoms with Crippen molar-refractivity contribution in [3.63, 3.8) is 0 Å². The second-order valence-corrected chi connectivity index (χ2v) is 9.73. The van der Waals surface area contributed by atoms with Crippen LogP contribution >= 0.6 is 0 Å². The molecule has 0 radical (unpaired) electrons. The third-order valence-electron chi connectivity index (χ3n) is 4.24. The van der Waals surface area contributed by atoms with Gasteiger partial charge in [0.25, 0.3) is 0 Å². The normalized spacial score (nSPS) is 25.7. The molecule has 0 aromatic rings. The van der Waals surface area contributed by atoms with E-state index >= 15 is 0 Å². The zero-order chi connectivity index (χ0) is 16.3. The molecule has 1 aliphatic rings. The first-order valence-electron chi connectivity index (χ1n) is 7.81. The van der Waals surface area contributed by atoms with Crippen molar-refractivity contribution < 1.29 is 13.2 Å². The number of sulfone groups is 1. The summed E-state index contributed by atoms with van der Waals surface area (Å²) in [4.78, 5) is 13.8. The summed E-state index contributed by atoms with van der Waals surface area (Å²) in [6.45, 7) is 11.1. The molecule has 1 rings (SSSR count). The molecule has 6 heteroatoms. The van der Waals surface area contributed by atoms with Crippen molar-refractivity contribution in [3.05, 3.63) is 0 Å². The van der Waals surface area contributed by atoms with Crippen molar-refractivity contribution in [1.29, 1.82) is 0 Å². The lowest BCUT2D eigenvalue weighted by molar-refractivity contribution is 0.178. The molecule has 0 aromatic heterocycles. The van der Waals surface area contributed by atoms with Gasteiger partial charge in [-0.3, -0.25) is 0 Å². The van der Waals surface area contributed by atoms with E-state index in [9.17, 15) is 13.2 Å². The number of carbonyl (C=O) groups excluding carboxylic acids is 1. The molecule has 2 atom stereocenters. The molecule has 1 saturated heterocycles. The summed E-state index contributed by atoms with van der Waals surface area (Å²) in [6.07, 6.45) is 3.18. The number of nitrogens with zero attached hydrogens (tertiary/aromatic N) is 1. The van der Waals surface area contributed by atoms with Crippen LogP contribution in [0.3, 0.4) is 0 Å². The highest BCUT2D eigenvalue weighted by Gasteiger charge is 2.37. The minimum atomic E-state index is -3.04. The highest BCUT2D eigenvalue weighted by Crippen LogP contribution is 2.21. The predicted molar refractivity (Wildman–Crippen MR) is 86.1 cm³/mol. The van der Waals surface area contributed by atoms with Crippen LogP contribution in [0.25, 0.3) is 0 Å². The molecular weight excluding hydrogens is 288 g/mol. The zero-order valence-corrected chi connectivity index (χ0v) is 14.8. The Morgan fingerprint density at radius 1 is 1.24 bits per heavy atom. The number of rotatable bonds is 4. The molecule has 1 N–H and O–H groups in total. The van der Waals surface area contributed by atoms with Gasteiger partial charge >= 0.3 is 6.03 Å². The topological polar surface area (TPSA) is 66.5 Å². The quantitative estimate of drug-likeness (QED) is 0.810. The summed E-state index contributed by atoms with van der Waals surface area (Å²) in [6, 6.07) is -0.404. The Hall–Kier alpha value is -0.780. The number of carbonyl (C=O) groups is 1. The van der Waals surface area contributed by atoms with E-state index in [1.807, 2.05) is 0 Å². The van der Waals surface area contributed by atoms with E-state index in [1.165, 1.54) is 0 Å². The third kappa shape index (κ3) is 5.49. The smallest absolute Gasteiger partial charge is 0.317 e. The van der Waals surface area contributed by atoms with Crippen molar-refractivity contribution in [2.24, 2.45) is 5.41 Å². The van der Waals surface area contributed by atoms with E-state index in [0.717, 1.165) is 19.3 Å². The maximum atomic E-state index is 12.1. The van der Waals surface area contributed by atoms with Crippen molar-refractivity contribution in [2.45, 2.75) is 65.2 Å². The molecular formula is C15H30N2O3S. The van der Waals surface area contributed by atoms with Crippen LogP contribution in [0.2, 0.25) is 0 Å². The Morgan fingerprint density at radius 3 is 2.43 bits per heavy atom. The van der Waals surface area contributed by atoms with Crippen LogP contribution in [-0.2, 0) is 9.84 Å². The van der Waals surface area contributed by atoms with E-state index in [1.54, 1.807) is 18.7 Å². The van der Waals surface area contributed by atoms with Crippen LogP contribution in [-0.4, -0.2) is 49.5 Å². The predicted octanol–water partition coefficient (Wildman–Crippen LogP) is 2.42. The number of hydrogen-bond acceptors (Lipinski definition) is 3. The molecule has 0 aromatic carbocycles. The molecule has 1 aliphatic heterocycles. The van der Waals surface area contributed by atoms with Crippen LogP contribution in [0, 0.1) is 5.41 Å². The highest BCUT2D eigenvalue weighted by atomic mass is 32.2. The van der Waals surface area contributed by atoms with Gasteiger partial charge in [0.05, 0.1) is 11.0 Å². The standard InChI is InChI=1S/C15H30N2O3S/c1-12-13(2)21(19,20)11-10-17(12)14(18)16-9-7-6-8-15(3,4)5/h12-13H,6-11H2,1-5H3,(H,16,18)/t12-,13-/m1/s1. The second-order valence-electron chi connectivity index (χ2n) is 7.26. The van der Waals surface area contributed by atoms with Crippen LogP contribution in [0.15, 0.2) is 0 Å². The van der Waals surface area contributed by atoms with Gasteiger partial charge in [0.1, 0.15) is 0 Å². The van der Waals surface area contributed by atoms with Crippen molar-refractivity contribution in [1.82, 2.24) is 10.2 Å². The summed E-state index contributed by atoms with van der Waals surface area (Å²) in [7, 11) is -3.04. The van der Waals surface area contributed by atoms with Crippen LogP contribution in [0.5, 0.6) is 0 Å². The Morgan fingerprint density at radius 2 is 1.86 bits per heavy atom. The van der Waals surface area contributed by atoms with Crippen LogP contribution in [0.1, 0.15) is 53.9 Å². The van der Waals surface area contributed by atoms with Crippen molar-refractivity contribution in [3.8, 4) is 0 Å². The maximum absolute atomic E-state index is 12.1. The molecule has 124 valence electrons. The van der Waals surface area contributed by atoms with Crippen molar-refractivity contribution in [2.75, 3.05) is 18.8 Å². The average Bonchev–Trinajstić information content (AvgIpc) is 2.34. The molecule has 2 amide bonds. The summed E-state index contributed by atoms with van der Waals surface area (Å²) in [5.41, 5.74) is 0.329. The first-order valence-corrected chi connectivity index (χ1v) is 9.52. The molecule has 0 saturated carbocycles. The van der Waals surface area contributed by atoms with Gasteiger partial charge in [-0.25, -0.2) is 13.2 Å². The fourth-order valence-corrected chi connectivity index (χ4v) is 4.10. The summed E-state index contributed by atoms with van der Waals surface area (Å²) in [5, 5.41) is 2.42. The lowest BCUT2D eigenvalue weighted by Gasteiger charge is -2.37. The van der Waals surface area contributed by atoms with Gasteiger partial charge in [-0.1, -0.05) is 27.2 Å². The van der Waals surface area contributed by atoms with E-state index < -0.39 is 15.1 Å². The fraction of sp³-hybridized carbons (Fsp3) is 0.933. The SMILES string of the molecule is C[C@@H]1[C@@H](C)S(=O)(=O)CCN1C(=O)NCCCCC(C)(C)C. The molecule has 1 fully saturated rings. The molecule has 0 unspecified atom stereocenters. The summed E-state index contributed by atoms with van der Waals surface area (Å²) in [5.74, 6) is 0.0654. The van der Waals surface area contributed by atoms with Gasteiger partial charge in [-0.2, -0.15) is 0 Å². The van der Waals surface area contributed by atoms with E-state index in [0.29, 0.717) is 18.5 Å². The van der Waals surface area contributed by atoms with Gasteiger partial charge in [0.15, 0.2) is 9.84 Å². The van der Waals surface area contributed by atoms with Crippen LogP contribution < -0.4 is 5.32 Å². The third-order valence-corrected chi connectivity index (χ3v) is 6.52. The largest absolute Gasteiger partial charge is 0.338 e. The lowest BCUT2D eigenvalue weighted by atomic mass is 9.90. The van der Waals surface area contributed by atoms with E-state index in [4.69, 9.17) is 0 Å². The number of amides is 2. The first-order chi connectivity index (χ1) is 9.54. The Bertz CT molecular complexity index is 454. The van der Waals surface area contributed by atoms with Crippen LogP contribution in [0.4, 0.5) is 4.79 Å². The van der Waals surface area contributed by atoms with Crippen molar-refractivity contribution >= 4 is 15.9 Å². The second kappa shape index (κ2) is 6.99. The number of nitrogens with one attached hydrogen (secondary N) is 1. The van der Waals surface area contributed by atoms with Gasteiger partial charge in [0, 0.05) is 19.1 Å². The Kier molecular flexibility index (Phi) is 6.08. The van der Waals surface area contributed by atoms with Gasteiger partial charge in [-0.15, -0.1) is 0 Å². The van der Waals surface area contributed by atoms with E-state index in [2.05, 4.69) is 26.1 Å². The van der Waals surface area contributed by atoms with E-state index in [-0.39, 0.29) is 17.8 Å². The molecule has 0 aliphatic carbocycles. The van der Waals surface area contributed by atoms with Gasteiger partial charge in [-0.05, 0) is 32.1 Å². The highest BCUT2D eigenvalue weighted by molar-refractivity contribution is 7.92. The molecule has 0 spiro atoms. The summed E-state index contributed by atoms with van der Waals surface area (Å²) >= 11 is 0. The summed E-state index contributed by atoms with van der Waals surface area (Å²) < 4.78 is 23.6. The maximum Gasteiger partial charge on any atom is 0.317 e. The fourth-order valence-electron chi connectivity index (χ4n) is 2.53. The van der Waals surface area contributed by atoms with Gasteiger partial charge in [0.2, 0.25) is 0 Å². The lowest BCUT2D eigenvalue weighted by Crippen LogP contribution is -2.56. The monoisotopic (exact) mass is 318 g/mol. The molecule has 5 nitrogen and oxygen atoms in total. The average molecular weight is 318 g/mol. The minimum Gasteiger partial charge on any atom is -0.338 e. The number of unbranched alkanes of at least 4 members (excludes halogenated alkanes) is 1. The van der Waals surface area contributed by atoms with Gasteiger partial charge < -0.3 is 10.2 Å². The number of urea groups is 1. The zero-order valence-electron chi connectivity index (χ0n) is 14.0. The molecule has 0 bridgehead atoms. The number of hydrogen-bond donors (Lipinski definition) is 1. The molecule has 21 heavy (non-hydrogen) atoms. The Balaban J connectivity index is 2.36. The Labute approximate surface area is 129 Å². The minimum absolute atomic E-state index is 0.0654. The first kappa shape index (κ1) is 18.3.